The summed E-state index contributed by atoms with van der Waals surface area (Å²) in [4.78, 5) is 24.6. The zero-order valence-corrected chi connectivity index (χ0v) is 17.1. The summed E-state index contributed by atoms with van der Waals surface area (Å²) in [6.45, 7) is 4.69. The Morgan fingerprint density at radius 3 is 2.44 bits per heavy atom. The zero-order chi connectivity index (χ0) is 19.8. The maximum atomic E-state index is 12.5. The van der Waals surface area contributed by atoms with Gasteiger partial charge in [0.25, 0.3) is 11.8 Å². The molecule has 2 aromatic carbocycles. The standard InChI is InChI=1S/C20H23BrN2O4/c1-13(2)22-19(24)14-5-4-6-16(11-14)23-20(25)15-7-8-18(17(21)12-15)27-10-9-26-3/h4-8,11-13H,9-10H2,1-3H3,(H,22,24)(H,23,25). The van der Waals surface area contributed by atoms with Gasteiger partial charge in [0.15, 0.2) is 0 Å². The summed E-state index contributed by atoms with van der Waals surface area (Å²) in [5.74, 6) is 0.179. The Kier molecular flexibility index (Phi) is 7.82. The number of anilines is 1. The number of amides is 2. The molecule has 0 aliphatic carbocycles. The van der Waals surface area contributed by atoms with Crippen molar-refractivity contribution in [2.45, 2.75) is 19.9 Å². The quantitative estimate of drug-likeness (QED) is 0.618. The van der Waals surface area contributed by atoms with Crippen LogP contribution >= 0.6 is 15.9 Å². The van der Waals surface area contributed by atoms with Crippen molar-refractivity contribution in [1.82, 2.24) is 5.32 Å². The monoisotopic (exact) mass is 434 g/mol. The van der Waals surface area contributed by atoms with Crippen molar-refractivity contribution in [3.05, 3.63) is 58.1 Å². The van der Waals surface area contributed by atoms with Crippen LogP contribution in [0.15, 0.2) is 46.9 Å². The number of ether oxygens (including phenoxy) is 2. The van der Waals surface area contributed by atoms with Gasteiger partial charge in [0.2, 0.25) is 0 Å². The van der Waals surface area contributed by atoms with E-state index >= 15 is 0 Å². The number of carbonyl (C=O) groups is 2. The highest BCUT2D eigenvalue weighted by Crippen LogP contribution is 2.26. The van der Waals surface area contributed by atoms with E-state index in [0.29, 0.717) is 40.3 Å². The molecule has 0 atom stereocenters. The molecule has 2 N–H and O–H groups in total. The third-order valence-electron chi connectivity index (χ3n) is 3.54. The first-order valence-corrected chi connectivity index (χ1v) is 9.33. The lowest BCUT2D eigenvalue weighted by Crippen LogP contribution is -2.30. The Labute approximate surface area is 167 Å². The minimum atomic E-state index is -0.277. The minimum absolute atomic E-state index is 0.0396. The van der Waals surface area contributed by atoms with Gasteiger partial charge in [0.05, 0.1) is 11.1 Å². The van der Waals surface area contributed by atoms with Crippen molar-refractivity contribution >= 4 is 33.4 Å². The topological polar surface area (TPSA) is 76.7 Å². The molecule has 0 spiro atoms. The van der Waals surface area contributed by atoms with Crippen LogP contribution in [-0.4, -0.2) is 38.2 Å². The van der Waals surface area contributed by atoms with E-state index < -0.39 is 0 Å². The highest BCUT2D eigenvalue weighted by atomic mass is 79.9. The van der Waals surface area contributed by atoms with Crippen molar-refractivity contribution in [2.24, 2.45) is 0 Å². The Bertz CT molecular complexity index is 808. The van der Waals surface area contributed by atoms with E-state index in [-0.39, 0.29) is 17.9 Å². The fourth-order valence-electron chi connectivity index (χ4n) is 2.28. The third kappa shape index (κ3) is 6.37. The molecule has 0 aliphatic heterocycles. The Balaban J connectivity index is 2.06. The molecule has 27 heavy (non-hydrogen) atoms. The van der Waals surface area contributed by atoms with Gasteiger partial charge in [-0.1, -0.05) is 6.07 Å². The SMILES string of the molecule is COCCOc1ccc(C(=O)Nc2cccc(C(=O)NC(C)C)c2)cc1Br. The lowest BCUT2D eigenvalue weighted by atomic mass is 10.1. The maximum absolute atomic E-state index is 12.5. The molecule has 2 rings (SSSR count). The van der Waals surface area contributed by atoms with Gasteiger partial charge in [0, 0.05) is 30.0 Å². The van der Waals surface area contributed by atoms with Crippen LogP contribution < -0.4 is 15.4 Å². The molecular weight excluding hydrogens is 412 g/mol. The number of hydrogen-bond donors (Lipinski definition) is 2. The highest BCUT2D eigenvalue weighted by molar-refractivity contribution is 9.10. The molecule has 2 amide bonds. The van der Waals surface area contributed by atoms with E-state index in [1.54, 1.807) is 49.6 Å². The molecule has 144 valence electrons. The van der Waals surface area contributed by atoms with Crippen molar-refractivity contribution in [1.29, 1.82) is 0 Å². The first kappa shape index (κ1) is 20.9. The molecule has 0 radical (unpaired) electrons. The Hall–Kier alpha value is -2.38. The molecule has 7 heteroatoms. The number of rotatable bonds is 8. The van der Waals surface area contributed by atoms with Crippen LogP contribution in [0.2, 0.25) is 0 Å². The van der Waals surface area contributed by atoms with Gasteiger partial charge in [-0.25, -0.2) is 0 Å². The molecule has 0 fully saturated rings. The van der Waals surface area contributed by atoms with Crippen LogP contribution in [0, 0.1) is 0 Å². The van der Waals surface area contributed by atoms with E-state index in [1.807, 2.05) is 13.8 Å². The Morgan fingerprint density at radius 2 is 1.78 bits per heavy atom. The first-order chi connectivity index (χ1) is 12.9. The van der Waals surface area contributed by atoms with E-state index in [9.17, 15) is 9.59 Å². The maximum Gasteiger partial charge on any atom is 0.255 e. The molecule has 0 aromatic heterocycles. The van der Waals surface area contributed by atoms with E-state index in [2.05, 4.69) is 26.6 Å². The normalized spacial score (nSPS) is 10.6. The number of methoxy groups -OCH3 is 1. The largest absolute Gasteiger partial charge is 0.490 e. The lowest BCUT2D eigenvalue weighted by Gasteiger charge is -2.11. The second-order valence-electron chi connectivity index (χ2n) is 6.15. The average Bonchev–Trinajstić information content (AvgIpc) is 2.62. The predicted molar refractivity (Wildman–Crippen MR) is 109 cm³/mol. The second-order valence-corrected chi connectivity index (χ2v) is 7.00. The summed E-state index contributed by atoms with van der Waals surface area (Å²) >= 11 is 3.41. The predicted octanol–water partition coefficient (Wildman–Crippen LogP) is 3.86. The van der Waals surface area contributed by atoms with Gasteiger partial charge in [-0.3, -0.25) is 9.59 Å². The summed E-state index contributed by atoms with van der Waals surface area (Å²) in [5, 5.41) is 5.63. The molecule has 0 saturated carbocycles. The van der Waals surface area contributed by atoms with Crippen molar-refractivity contribution in [3.63, 3.8) is 0 Å². The molecular formula is C20H23BrN2O4. The van der Waals surface area contributed by atoms with Gasteiger partial charge in [0.1, 0.15) is 12.4 Å². The van der Waals surface area contributed by atoms with Crippen LogP contribution in [0.1, 0.15) is 34.6 Å². The van der Waals surface area contributed by atoms with Crippen LogP contribution in [0.3, 0.4) is 0 Å². The summed E-state index contributed by atoms with van der Waals surface area (Å²) in [7, 11) is 1.60. The second kappa shape index (κ2) is 10.1. The van der Waals surface area contributed by atoms with E-state index in [0.717, 1.165) is 0 Å². The van der Waals surface area contributed by atoms with Crippen LogP contribution in [0.25, 0.3) is 0 Å². The number of nitrogens with one attached hydrogen (secondary N) is 2. The van der Waals surface area contributed by atoms with Crippen LogP contribution in [-0.2, 0) is 4.74 Å². The van der Waals surface area contributed by atoms with Crippen LogP contribution in [0.5, 0.6) is 5.75 Å². The van der Waals surface area contributed by atoms with E-state index in [1.165, 1.54) is 0 Å². The molecule has 0 aliphatic rings. The fourth-order valence-corrected chi connectivity index (χ4v) is 2.77. The van der Waals surface area contributed by atoms with Gasteiger partial charge in [-0.05, 0) is 66.2 Å². The number of benzene rings is 2. The number of carbonyl (C=O) groups excluding carboxylic acids is 2. The lowest BCUT2D eigenvalue weighted by molar-refractivity contribution is 0.0941. The van der Waals surface area contributed by atoms with Crippen molar-refractivity contribution in [2.75, 3.05) is 25.6 Å². The highest BCUT2D eigenvalue weighted by Gasteiger charge is 2.12. The van der Waals surface area contributed by atoms with Crippen molar-refractivity contribution < 1.29 is 19.1 Å². The molecule has 0 heterocycles. The number of halogens is 1. The summed E-state index contributed by atoms with van der Waals surface area (Å²) in [5.41, 5.74) is 1.51. The third-order valence-corrected chi connectivity index (χ3v) is 4.16. The molecule has 6 nitrogen and oxygen atoms in total. The molecule has 0 saturated heterocycles. The average molecular weight is 435 g/mol. The van der Waals surface area contributed by atoms with Crippen molar-refractivity contribution in [3.8, 4) is 5.75 Å². The smallest absolute Gasteiger partial charge is 0.255 e. The summed E-state index contributed by atoms with van der Waals surface area (Å²) in [6, 6.07) is 11.9. The van der Waals surface area contributed by atoms with Gasteiger partial charge >= 0.3 is 0 Å². The molecule has 0 bridgehead atoms. The van der Waals surface area contributed by atoms with Gasteiger partial charge < -0.3 is 20.1 Å². The van der Waals surface area contributed by atoms with Crippen LogP contribution in [0.4, 0.5) is 5.69 Å². The Morgan fingerprint density at radius 1 is 1.04 bits per heavy atom. The minimum Gasteiger partial charge on any atom is -0.490 e. The number of hydrogen-bond acceptors (Lipinski definition) is 4. The fraction of sp³-hybridized carbons (Fsp3) is 0.300. The molecule has 2 aromatic rings. The summed E-state index contributed by atoms with van der Waals surface area (Å²) in [6.07, 6.45) is 0. The first-order valence-electron chi connectivity index (χ1n) is 8.54. The van der Waals surface area contributed by atoms with Gasteiger partial charge in [-0.2, -0.15) is 0 Å². The zero-order valence-electron chi connectivity index (χ0n) is 15.5. The summed E-state index contributed by atoms with van der Waals surface area (Å²) < 4.78 is 11.2. The van der Waals surface area contributed by atoms with E-state index in [4.69, 9.17) is 9.47 Å². The molecule has 0 unspecified atom stereocenters. The van der Waals surface area contributed by atoms with Gasteiger partial charge in [-0.15, -0.1) is 0 Å².